The predicted molar refractivity (Wildman–Crippen MR) is 53.5 cm³/mol. The maximum Gasteiger partial charge on any atom is 0.0441 e. The summed E-state index contributed by atoms with van der Waals surface area (Å²) in [6.45, 7) is 2.39. The fraction of sp³-hybridized carbons (Fsp3) is 1.00. The zero-order chi connectivity index (χ0) is 8.89. The highest BCUT2D eigenvalue weighted by Crippen LogP contribution is 2.44. The molecular formula is C11H20N2. The Morgan fingerprint density at radius 1 is 1.00 bits per heavy atom. The highest BCUT2D eigenvalue weighted by atomic mass is 15.3. The fourth-order valence-electron chi connectivity index (χ4n) is 3.15. The molecule has 13 heavy (non-hydrogen) atoms. The van der Waals surface area contributed by atoms with Crippen LogP contribution in [0.2, 0.25) is 0 Å². The van der Waals surface area contributed by atoms with Crippen LogP contribution in [0.4, 0.5) is 0 Å². The maximum atomic E-state index is 6.32. The Kier molecular flexibility index (Phi) is 1.72. The van der Waals surface area contributed by atoms with Crippen molar-refractivity contribution in [3.63, 3.8) is 0 Å². The van der Waals surface area contributed by atoms with Gasteiger partial charge in [-0.15, -0.1) is 0 Å². The lowest BCUT2D eigenvalue weighted by Gasteiger charge is -2.51. The summed E-state index contributed by atoms with van der Waals surface area (Å²) >= 11 is 0. The molecule has 1 saturated heterocycles. The van der Waals surface area contributed by atoms with Gasteiger partial charge in [-0.1, -0.05) is 12.8 Å². The largest absolute Gasteiger partial charge is 0.323 e. The summed E-state index contributed by atoms with van der Waals surface area (Å²) in [6, 6.07) is 0.899. The van der Waals surface area contributed by atoms with Gasteiger partial charge in [0.2, 0.25) is 0 Å². The first-order valence-electron chi connectivity index (χ1n) is 5.81. The van der Waals surface area contributed by atoms with Gasteiger partial charge in [-0.3, -0.25) is 4.90 Å². The van der Waals surface area contributed by atoms with Crippen molar-refractivity contribution in [2.75, 3.05) is 13.1 Å². The molecule has 2 aliphatic carbocycles. The van der Waals surface area contributed by atoms with Gasteiger partial charge in [0.1, 0.15) is 0 Å². The van der Waals surface area contributed by atoms with Crippen LogP contribution in [0.3, 0.4) is 0 Å². The zero-order valence-corrected chi connectivity index (χ0v) is 8.34. The van der Waals surface area contributed by atoms with E-state index in [9.17, 15) is 0 Å². The molecule has 0 radical (unpaired) electrons. The number of nitrogens with zero attached hydrogens (tertiary/aromatic N) is 1. The third-order valence-corrected chi connectivity index (χ3v) is 4.23. The van der Waals surface area contributed by atoms with E-state index in [1.54, 1.807) is 0 Å². The summed E-state index contributed by atoms with van der Waals surface area (Å²) in [5, 5.41) is 0. The molecule has 0 aromatic carbocycles. The molecule has 2 nitrogen and oxygen atoms in total. The lowest BCUT2D eigenvalue weighted by molar-refractivity contribution is 0.0183. The normalized spacial score (nSPS) is 34.8. The van der Waals surface area contributed by atoms with E-state index in [1.807, 2.05) is 0 Å². The molecule has 0 atom stereocenters. The van der Waals surface area contributed by atoms with Gasteiger partial charge in [0.05, 0.1) is 0 Å². The Balaban J connectivity index is 1.55. The Morgan fingerprint density at radius 3 is 2.15 bits per heavy atom. The van der Waals surface area contributed by atoms with E-state index >= 15 is 0 Å². The van der Waals surface area contributed by atoms with Gasteiger partial charge in [0.15, 0.2) is 0 Å². The van der Waals surface area contributed by atoms with Crippen LogP contribution in [-0.2, 0) is 0 Å². The number of hydrogen-bond acceptors (Lipinski definition) is 2. The van der Waals surface area contributed by atoms with E-state index in [0.29, 0.717) is 0 Å². The van der Waals surface area contributed by atoms with Crippen molar-refractivity contribution in [2.45, 2.75) is 50.1 Å². The van der Waals surface area contributed by atoms with Crippen LogP contribution in [0.15, 0.2) is 0 Å². The molecule has 74 valence electrons. The third kappa shape index (κ3) is 1.31. The molecule has 1 heterocycles. The molecule has 0 aromatic heterocycles. The molecule has 0 aromatic rings. The molecular weight excluding hydrogens is 160 g/mol. The molecule has 3 rings (SSSR count). The average Bonchev–Trinajstić information content (AvgIpc) is 2.77. The van der Waals surface area contributed by atoms with E-state index in [1.165, 1.54) is 51.6 Å². The van der Waals surface area contributed by atoms with Crippen LogP contribution in [0, 0.1) is 5.92 Å². The predicted octanol–water partition coefficient (Wildman–Crippen LogP) is 1.35. The number of hydrogen-bond donors (Lipinski definition) is 1. The summed E-state index contributed by atoms with van der Waals surface area (Å²) in [4.78, 5) is 2.63. The van der Waals surface area contributed by atoms with Crippen molar-refractivity contribution < 1.29 is 0 Å². The summed E-state index contributed by atoms with van der Waals surface area (Å²) in [5.74, 6) is 0.880. The van der Waals surface area contributed by atoms with Crippen LogP contribution in [-0.4, -0.2) is 29.6 Å². The first-order valence-corrected chi connectivity index (χ1v) is 5.81. The molecule has 0 unspecified atom stereocenters. The van der Waals surface area contributed by atoms with E-state index in [-0.39, 0.29) is 5.54 Å². The number of nitrogens with two attached hydrogens (primary N) is 1. The van der Waals surface area contributed by atoms with Gasteiger partial charge < -0.3 is 5.73 Å². The van der Waals surface area contributed by atoms with Crippen molar-refractivity contribution in [3.8, 4) is 0 Å². The van der Waals surface area contributed by atoms with Crippen molar-refractivity contribution in [2.24, 2.45) is 11.7 Å². The van der Waals surface area contributed by atoms with Gasteiger partial charge in [-0.25, -0.2) is 0 Å². The summed E-state index contributed by atoms with van der Waals surface area (Å²) in [6.07, 6.45) is 8.55. The lowest BCUT2D eigenvalue weighted by Crippen LogP contribution is -2.70. The molecule has 2 heteroatoms. The van der Waals surface area contributed by atoms with Gasteiger partial charge >= 0.3 is 0 Å². The standard InChI is InChI=1S/C11H20N2/c12-11(9-5-6-9)7-13(8-11)10-3-1-2-4-10/h9-10H,1-8,12H2. The number of rotatable bonds is 2. The summed E-state index contributed by atoms with van der Waals surface area (Å²) < 4.78 is 0. The molecule has 3 aliphatic rings. The minimum atomic E-state index is 0.239. The summed E-state index contributed by atoms with van der Waals surface area (Å²) in [7, 11) is 0. The smallest absolute Gasteiger partial charge is 0.0441 e. The first-order chi connectivity index (χ1) is 6.28. The minimum Gasteiger partial charge on any atom is -0.323 e. The second kappa shape index (κ2) is 2.71. The van der Waals surface area contributed by atoms with Crippen molar-refractivity contribution in [3.05, 3.63) is 0 Å². The quantitative estimate of drug-likeness (QED) is 0.695. The topological polar surface area (TPSA) is 29.3 Å². The molecule has 0 amide bonds. The molecule has 0 bridgehead atoms. The second-order valence-electron chi connectivity index (χ2n) is 5.35. The maximum absolute atomic E-state index is 6.32. The van der Waals surface area contributed by atoms with Crippen LogP contribution in [0.5, 0.6) is 0 Å². The second-order valence-corrected chi connectivity index (χ2v) is 5.35. The van der Waals surface area contributed by atoms with Gasteiger partial charge in [0, 0.05) is 24.7 Å². The van der Waals surface area contributed by atoms with E-state index in [0.717, 1.165) is 12.0 Å². The Labute approximate surface area is 80.5 Å². The van der Waals surface area contributed by atoms with E-state index in [2.05, 4.69) is 4.90 Å². The first kappa shape index (κ1) is 8.25. The van der Waals surface area contributed by atoms with Gasteiger partial charge in [-0.2, -0.15) is 0 Å². The minimum absolute atomic E-state index is 0.239. The van der Waals surface area contributed by atoms with Crippen LogP contribution < -0.4 is 5.73 Å². The third-order valence-electron chi connectivity index (χ3n) is 4.23. The molecule has 0 spiro atoms. The monoisotopic (exact) mass is 180 g/mol. The van der Waals surface area contributed by atoms with Crippen molar-refractivity contribution in [1.82, 2.24) is 4.90 Å². The van der Waals surface area contributed by atoms with Gasteiger partial charge in [0.25, 0.3) is 0 Å². The Bertz CT molecular complexity index is 198. The van der Waals surface area contributed by atoms with E-state index in [4.69, 9.17) is 5.73 Å². The zero-order valence-electron chi connectivity index (χ0n) is 8.34. The molecule has 3 fully saturated rings. The molecule has 2 saturated carbocycles. The average molecular weight is 180 g/mol. The Hall–Kier alpha value is -0.0800. The van der Waals surface area contributed by atoms with E-state index < -0.39 is 0 Å². The molecule has 2 N–H and O–H groups in total. The fourth-order valence-corrected chi connectivity index (χ4v) is 3.15. The SMILES string of the molecule is NC1(C2CC2)CN(C2CCCC2)C1. The lowest BCUT2D eigenvalue weighted by atomic mass is 9.84. The van der Waals surface area contributed by atoms with Crippen LogP contribution in [0.1, 0.15) is 38.5 Å². The number of likely N-dealkylation sites (tertiary alicyclic amines) is 1. The van der Waals surface area contributed by atoms with Crippen LogP contribution in [0.25, 0.3) is 0 Å². The van der Waals surface area contributed by atoms with Crippen molar-refractivity contribution in [1.29, 1.82) is 0 Å². The van der Waals surface area contributed by atoms with Crippen LogP contribution >= 0.6 is 0 Å². The van der Waals surface area contributed by atoms with Crippen molar-refractivity contribution >= 4 is 0 Å². The molecule has 1 aliphatic heterocycles. The highest BCUT2D eigenvalue weighted by Gasteiger charge is 2.51. The van der Waals surface area contributed by atoms with Gasteiger partial charge in [-0.05, 0) is 31.6 Å². The Morgan fingerprint density at radius 2 is 1.62 bits per heavy atom. The summed E-state index contributed by atoms with van der Waals surface area (Å²) in [5.41, 5.74) is 6.56. The highest BCUT2D eigenvalue weighted by molar-refractivity contribution is 5.10.